The van der Waals surface area contributed by atoms with E-state index >= 15 is 0 Å². The van der Waals surface area contributed by atoms with Crippen molar-refractivity contribution < 1.29 is 9.59 Å². The number of hydrogen-bond donors (Lipinski definition) is 2. The van der Waals surface area contributed by atoms with Crippen LogP contribution >= 0.6 is 0 Å². The SMILES string of the molecule is O=Cc1ccc(-c2c3nc(c(-c4ccc(C=O)cc4)c4ccc([nH]4)c(-c4ccccc4)c4nc(c(-c5ccccc5)c5ccc2[nH]5)C=C4)C=C3)cc1. The molecule has 0 aliphatic carbocycles. The van der Waals surface area contributed by atoms with Gasteiger partial charge in [0.15, 0.2) is 0 Å². The third-order valence-corrected chi connectivity index (χ3v) is 9.55. The Morgan fingerprint density at radius 1 is 0.346 bits per heavy atom. The van der Waals surface area contributed by atoms with Crippen molar-refractivity contribution in [3.63, 3.8) is 0 Å². The van der Waals surface area contributed by atoms with Crippen molar-refractivity contribution in [1.82, 2.24) is 19.9 Å². The second kappa shape index (κ2) is 12.9. The molecule has 3 aromatic heterocycles. The van der Waals surface area contributed by atoms with Crippen molar-refractivity contribution in [2.24, 2.45) is 0 Å². The highest BCUT2D eigenvalue weighted by Gasteiger charge is 2.19. The van der Waals surface area contributed by atoms with Gasteiger partial charge in [-0.2, -0.15) is 0 Å². The summed E-state index contributed by atoms with van der Waals surface area (Å²) in [6, 6.07) is 44.1. The molecule has 8 bridgehead atoms. The highest BCUT2D eigenvalue weighted by atomic mass is 16.1. The minimum Gasteiger partial charge on any atom is -0.354 e. The summed E-state index contributed by atoms with van der Waals surface area (Å²) in [6.07, 6.45) is 9.95. The van der Waals surface area contributed by atoms with Crippen molar-refractivity contribution in [2.45, 2.75) is 0 Å². The third kappa shape index (κ3) is 5.49. The highest BCUT2D eigenvalue weighted by Crippen LogP contribution is 2.38. The Morgan fingerprint density at radius 3 is 0.923 bits per heavy atom. The lowest BCUT2D eigenvalue weighted by atomic mass is 10.0. The van der Waals surface area contributed by atoms with Gasteiger partial charge < -0.3 is 9.97 Å². The highest BCUT2D eigenvalue weighted by molar-refractivity contribution is 6.00. The van der Waals surface area contributed by atoms with Crippen molar-refractivity contribution >= 4 is 58.9 Å². The first-order valence-electron chi connectivity index (χ1n) is 17.1. The number of carbonyl (C=O) groups is 2. The summed E-state index contributed by atoms with van der Waals surface area (Å²) >= 11 is 0. The number of aromatic amines is 2. The zero-order valence-corrected chi connectivity index (χ0v) is 27.9. The van der Waals surface area contributed by atoms with Crippen LogP contribution in [0.5, 0.6) is 0 Å². The normalized spacial score (nSPS) is 11.8. The van der Waals surface area contributed by atoms with Crippen LogP contribution in [-0.4, -0.2) is 32.5 Å². The predicted octanol–water partition coefficient (Wildman–Crippen LogP) is 10.9. The molecule has 6 heteroatoms. The van der Waals surface area contributed by atoms with Crippen LogP contribution in [0.1, 0.15) is 43.5 Å². The lowest BCUT2D eigenvalue weighted by Crippen LogP contribution is -1.90. The van der Waals surface area contributed by atoms with Crippen LogP contribution in [0.3, 0.4) is 0 Å². The quantitative estimate of drug-likeness (QED) is 0.172. The summed E-state index contributed by atoms with van der Waals surface area (Å²) in [4.78, 5) is 41.3. The molecule has 0 spiro atoms. The number of nitrogens with zero attached hydrogens (tertiary/aromatic N) is 2. The van der Waals surface area contributed by atoms with Gasteiger partial charge in [-0.25, -0.2) is 9.97 Å². The Labute approximate surface area is 299 Å². The Kier molecular flexibility index (Phi) is 7.67. The number of aromatic nitrogens is 4. The molecule has 4 aromatic carbocycles. The maximum absolute atomic E-state index is 11.6. The number of carbonyl (C=O) groups excluding carboxylic acids is 2. The third-order valence-electron chi connectivity index (χ3n) is 9.55. The summed E-state index contributed by atoms with van der Waals surface area (Å²) in [7, 11) is 0. The van der Waals surface area contributed by atoms with E-state index < -0.39 is 0 Å². The van der Waals surface area contributed by atoms with Gasteiger partial charge in [0.25, 0.3) is 0 Å². The molecule has 0 amide bonds. The minimum atomic E-state index is 0.599. The molecule has 0 radical (unpaired) electrons. The van der Waals surface area contributed by atoms with Gasteiger partial charge in [0.1, 0.15) is 12.6 Å². The largest absolute Gasteiger partial charge is 0.354 e. The van der Waals surface area contributed by atoms with Crippen LogP contribution in [0.2, 0.25) is 0 Å². The minimum absolute atomic E-state index is 0.599. The molecule has 52 heavy (non-hydrogen) atoms. The van der Waals surface area contributed by atoms with E-state index in [9.17, 15) is 9.59 Å². The van der Waals surface area contributed by atoms with Crippen molar-refractivity contribution in [2.75, 3.05) is 0 Å². The van der Waals surface area contributed by atoms with Crippen LogP contribution in [0, 0.1) is 0 Å². The van der Waals surface area contributed by atoms with Gasteiger partial charge >= 0.3 is 0 Å². The lowest BCUT2D eigenvalue weighted by Gasteiger charge is -2.07. The van der Waals surface area contributed by atoms with Crippen molar-refractivity contribution in [1.29, 1.82) is 0 Å². The van der Waals surface area contributed by atoms with Gasteiger partial charge in [0.2, 0.25) is 0 Å². The van der Waals surface area contributed by atoms with Gasteiger partial charge in [-0.05, 0) is 70.8 Å². The van der Waals surface area contributed by atoms with E-state index in [-0.39, 0.29) is 0 Å². The Hall–Kier alpha value is -7.18. The average Bonchev–Trinajstić information content (AvgIpc) is 4.04. The van der Waals surface area contributed by atoms with Gasteiger partial charge in [-0.1, -0.05) is 109 Å². The van der Waals surface area contributed by atoms with E-state index in [2.05, 4.69) is 70.7 Å². The fourth-order valence-electron chi connectivity index (χ4n) is 7.09. The number of rotatable bonds is 6. The molecule has 9 rings (SSSR count). The molecule has 0 fully saturated rings. The van der Waals surface area contributed by atoms with E-state index in [1.807, 2.05) is 97.1 Å². The number of hydrogen-bond acceptors (Lipinski definition) is 4. The average molecular weight is 671 g/mol. The Bertz CT molecular complexity index is 2550. The number of nitrogens with one attached hydrogen (secondary N) is 2. The molecule has 7 aromatic rings. The molecule has 246 valence electrons. The summed E-state index contributed by atoms with van der Waals surface area (Å²) in [5.41, 5.74) is 15.7. The molecular formula is C46H30N4O2. The molecule has 0 atom stereocenters. The van der Waals surface area contributed by atoms with E-state index in [1.165, 1.54) is 0 Å². The van der Waals surface area contributed by atoms with Crippen LogP contribution in [-0.2, 0) is 0 Å². The van der Waals surface area contributed by atoms with Crippen LogP contribution in [0.25, 0.3) is 90.9 Å². The van der Waals surface area contributed by atoms with E-state index in [0.29, 0.717) is 11.1 Å². The van der Waals surface area contributed by atoms with Crippen LogP contribution in [0.15, 0.2) is 133 Å². The van der Waals surface area contributed by atoms with Crippen LogP contribution in [0.4, 0.5) is 0 Å². The summed E-state index contributed by atoms with van der Waals surface area (Å²) in [6.45, 7) is 0. The van der Waals surface area contributed by atoms with Gasteiger partial charge in [-0.15, -0.1) is 0 Å². The molecule has 2 aliphatic rings. The Morgan fingerprint density at radius 2 is 0.635 bits per heavy atom. The monoisotopic (exact) mass is 670 g/mol. The lowest BCUT2D eigenvalue weighted by molar-refractivity contribution is 0.111. The fraction of sp³-hybridized carbons (Fsp3) is 0. The Balaban J connectivity index is 1.46. The first kappa shape index (κ1) is 30.8. The summed E-state index contributed by atoms with van der Waals surface area (Å²) < 4.78 is 0. The topological polar surface area (TPSA) is 91.5 Å². The van der Waals surface area contributed by atoms with Gasteiger partial charge in [0.05, 0.1) is 22.8 Å². The molecule has 0 saturated heterocycles. The second-order valence-corrected chi connectivity index (χ2v) is 12.7. The van der Waals surface area contributed by atoms with E-state index in [4.69, 9.17) is 9.97 Å². The maximum atomic E-state index is 11.6. The zero-order chi connectivity index (χ0) is 35.0. The van der Waals surface area contributed by atoms with Gasteiger partial charge in [0, 0.05) is 55.4 Å². The van der Waals surface area contributed by atoms with E-state index in [1.54, 1.807) is 0 Å². The smallest absolute Gasteiger partial charge is 0.150 e. The number of H-pyrrole nitrogens is 2. The molecular weight excluding hydrogens is 641 g/mol. The van der Waals surface area contributed by atoms with E-state index in [0.717, 1.165) is 102 Å². The maximum Gasteiger partial charge on any atom is 0.150 e. The zero-order valence-electron chi connectivity index (χ0n) is 27.9. The molecule has 5 heterocycles. The predicted molar refractivity (Wildman–Crippen MR) is 211 cm³/mol. The summed E-state index contributed by atoms with van der Waals surface area (Å²) in [5, 5.41) is 0. The number of fused-ring (bicyclic) bond motifs is 8. The first-order chi connectivity index (χ1) is 25.7. The molecule has 0 saturated carbocycles. The fourth-order valence-corrected chi connectivity index (χ4v) is 7.09. The second-order valence-electron chi connectivity index (χ2n) is 12.7. The van der Waals surface area contributed by atoms with Crippen molar-refractivity contribution in [3.05, 3.63) is 167 Å². The number of aldehydes is 2. The molecule has 2 N–H and O–H groups in total. The van der Waals surface area contributed by atoms with Gasteiger partial charge in [-0.3, -0.25) is 9.59 Å². The molecule has 0 unspecified atom stereocenters. The number of benzene rings is 4. The molecule has 6 nitrogen and oxygen atoms in total. The van der Waals surface area contributed by atoms with Crippen molar-refractivity contribution in [3.8, 4) is 44.5 Å². The standard InChI is InChI=1S/C46H30N4O2/c51-27-29-11-15-33(16-12-29)45-39-23-21-37(48-39)43(31-7-3-1-4-8-31)35-19-20-36(47-35)44(32-9-5-2-6-10-32)38-22-24-40(49-38)46(42-26-25-41(45)50-42)34-17-13-30(28-52)14-18-34/h1-28,48-49H. The molecule has 2 aliphatic heterocycles. The summed E-state index contributed by atoms with van der Waals surface area (Å²) in [5.74, 6) is 0. The van der Waals surface area contributed by atoms with Crippen LogP contribution < -0.4 is 0 Å². The first-order valence-corrected chi connectivity index (χ1v) is 17.1.